The molecule has 102 valence electrons. The molecule has 0 saturated carbocycles. The van der Waals surface area contributed by atoms with Crippen LogP contribution in [0, 0.1) is 0 Å². The van der Waals surface area contributed by atoms with E-state index < -0.39 is 6.04 Å². The number of anilines is 1. The predicted molar refractivity (Wildman–Crippen MR) is 80.5 cm³/mol. The molecule has 0 radical (unpaired) electrons. The van der Waals surface area contributed by atoms with E-state index in [1.807, 2.05) is 30.3 Å². The molecule has 0 unspecified atom stereocenters. The summed E-state index contributed by atoms with van der Waals surface area (Å²) in [6, 6.07) is 17.6. The highest BCUT2D eigenvalue weighted by atomic mass is 16.2. The number of nitrogens with two attached hydrogens (primary N) is 1. The van der Waals surface area contributed by atoms with Crippen LogP contribution in [0.1, 0.15) is 24.1 Å². The molecule has 1 aliphatic heterocycles. The molecule has 0 bridgehead atoms. The van der Waals surface area contributed by atoms with Gasteiger partial charge in [-0.2, -0.15) is 0 Å². The number of carbonyl (C=O) groups is 1. The van der Waals surface area contributed by atoms with E-state index in [0.717, 1.165) is 17.7 Å². The number of β-lactam (4-membered cyclic amide) rings is 1. The van der Waals surface area contributed by atoms with E-state index in [-0.39, 0.29) is 11.9 Å². The van der Waals surface area contributed by atoms with Crippen LogP contribution in [0.15, 0.2) is 54.6 Å². The zero-order valence-corrected chi connectivity index (χ0v) is 11.5. The Labute approximate surface area is 119 Å². The van der Waals surface area contributed by atoms with Crippen LogP contribution in [0.3, 0.4) is 0 Å². The van der Waals surface area contributed by atoms with Crippen molar-refractivity contribution >= 4 is 11.6 Å². The summed E-state index contributed by atoms with van der Waals surface area (Å²) in [5, 5.41) is 0. The van der Waals surface area contributed by atoms with Crippen LogP contribution in [-0.2, 0) is 11.2 Å². The van der Waals surface area contributed by atoms with Gasteiger partial charge in [0.25, 0.3) is 0 Å². The van der Waals surface area contributed by atoms with Gasteiger partial charge in [-0.1, -0.05) is 49.4 Å². The molecule has 1 heterocycles. The Morgan fingerprint density at radius 3 is 2.30 bits per heavy atom. The van der Waals surface area contributed by atoms with Gasteiger partial charge in [0, 0.05) is 5.69 Å². The summed E-state index contributed by atoms with van der Waals surface area (Å²) in [5.74, 6) is -0.0132. The van der Waals surface area contributed by atoms with Crippen molar-refractivity contribution in [3.05, 3.63) is 65.7 Å². The summed E-state index contributed by atoms with van der Waals surface area (Å²) < 4.78 is 0. The minimum Gasteiger partial charge on any atom is -0.318 e. The van der Waals surface area contributed by atoms with Gasteiger partial charge in [0.15, 0.2) is 0 Å². The third-order valence-corrected chi connectivity index (χ3v) is 3.90. The Balaban J connectivity index is 1.92. The molecule has 1 saturated heterocycles. The Hall–Kier alpha value is -2.13. The van der Waals surface area contributed by atoms with Crippen LogP contribution in [0.25, 0.3) is 0 Å². The smallest absolute Gasteiger partial charge is 0.247 e. The Kier molecular flexibility index (Phi) is 3.28. The first-order valence-electron chi connectivity index (χ1n) is 6.95. The first-order chi connectivity index (χ1) is 9.72. The molecular weight excluding hydrogens is 248 g/mol. The molecule has 1 fully saturated rings. The fourth-order valence-electron chi connectivity index (χ4n) is 2.69. The van der Waals surface area contributed by atoms with Crippen molar-refractivity contribution in [2.75, 3.05) is 4.90 Å². The van der Waals surface area contributed by atoms with E-state index >= 15 is 0 Å². The van der Waals surface area contributed by atoms with Crippen molar-refractivity contribution in [3.63, 3.8) is 0 Å². The van der Waals surface area contributed by atoms with Crippen molar-refractivity contribution in [3.8, 4) is 0 Å². The number of para-hydroxylation sites is 1. The standard InChI is InChI=1S/C17H18N2O/c1-2-12-8-10-13(11-9-12)16-15(18)17(20)19(16)14-6-4-3-5-7-14/h3-11,15-16H,2,18H2,1H3/t15-,16-/m1/s1. The minimum absolute atomic E-state index is 0.0132. The minimum atomic E-state index is -0.442. The molecule has 3 heteroatoms. The SMILES string of the molecule is CCc1ccc([C@@H]2[C@@H](N)C(=O)N2c2ccccc2)cc1. The lowest BCUT2D eigenvalue weighted by Crippen LogP contribution is -2.63. The molecule has 2 aromatic carbocycles. The summed E-state index contributed by atoms with van der Waals surface area (Å²) in [6.07, 6.45) is 1.01. The second-order valence-corrected chi connectivity index (χ2v) is 5.11. The van der Waals surface area contributed by atoms with Crippen LogP contribution < -0.4 is 10.6 Å². The summed E-state index contributed by atoms with van der Waals surface area (Å²) in [6.45, 7) is 2.13. The molecule has 2 atom stereocenters. The molecular formula is C17H18N2O. The highest BCUT2D eigenvalue weighted by Crippen LogP contribution is 2.37. The molecule has 20 heavy (non-hydrogen) atoms. The monoisotopic (exact) mass is 266 g/mol. The maximum absolute atomic E-state index is 12.1. The van der Waals surface area contributed by atoms with Gasteiger partial charge < -0.3 is 10.6 Å². The van der Waals surface area contributed by atoms with Gasteiger partial charge in [0.2, 0.25) is 5.91 Å². The molecule has 3 nitrogen and oxygen atoms in total. The summed E-state index contributed by atoms with van der Waals surface area (Å²) >= 11 is 0. The highest BCUT2D eigenvalue weighted by molar-refractivity contribution is 6.05. The van der Waals surface area contributed by atoms with E-state index in [1.54, 1.807) is 4.90 Å². The predicted octanol–water partition coefficient (Wildman–Crippen LogP) is 2.66. The average molecular weight is 266 g/mol. The molecule has 2 N–H and O–H groups in total. The molecule has 3 rings (SSSR count). The lowest BCUT2D eigenvalue weighted by molar-refractivity contribution is -0.126. The number of amides is 1. The van der Waals surface area contributed by atoms with E-state index in [9.17, 15) is 4.79 Å². The number of benzene rings is 2. The molecule has 0 aromatic heterocycles. The van der Waals surface area contributed by atoms with Gasteiger partial charge in [0.05, 0.1) is 6.04 Å². The van der Waals surface area contributed by atoms with Gasteiger partial charge in [-0.15, -0.1) is 0 Å². The summed E-state index contributed by atoms with van der Waals surface area (Å²) in [5.41, 5.74) is 9.30. The zero-order chi connectivity index (χ0) is 14.1. The van der Waals surface area contributed by atoms with Crippen molar-refractivity contribution in [2.24, 2.45) is 5.73 Å². The van der Waals surface area contributed by atoms with Crippen molar-refractivity contribution in [2.45, 2.75) is 25.4 Å². The number of carbonyl (C=O) groups excluding carboxylic acids is 1. The molecule has 1 aliphatic rings. The summed E-state index contributed by atoms with van der Waals surface area (Å²) in [7, 11) is 0. The molecule has 1 amide bonds. The maximum atomic E-state index is 12.1. The number of hydrogen-bond acceptors (Lipinski definition) is 2. The number of aryl methyl sites for hydroxylation is 1. The van der Waals surface area contributed by atoms with Crippen LogP contribution in [0.4, 0.5) is 5.69 Å². The van der Waals surface area contributed by atoms with E-state index in [2.05, 4.69) is 31.2 Å². The first-order valence-corrected chi connectivity index (χ1v) is 6.95. The number of nitrogens with zero attached hydrogens (tertiary/aromatic N) is 1. The molecule has 0 spiro atoms. The summed E-state index contributed by atoms with van der Waals surface area (Å²) in [4.78, 5) is 13.9. The topological polar surface area (TPSA) is 46.3 Å². The fourth-order valence-corrected chi connectivity index (χ4v) is 2.69. The van der Waals surface area contributed by atoms with Crippen LogP contribution in [0.5, 0.6) is 0 Å². The second-order valence-electron chi connectivity index (χ2n) is 5.11. The van der Waals surface area contributed by atoms with Crippen LogP contribution in [0.2, 0.25) is 0 Å². The van der Waals surface area contributed by atoms with Crippen LogP contribution in [-0.4, -0.2) is 11.9 Å². The van der Waals surface area contributed by atoms with Gasteiger partial charge in [0.1, 0.15) is 6.04 Å². The quantitative estimate of drug-likeness (QED) is 0.868. The largest absolute Gasteiger partial charge is 0.318 e. The van der Waals surface area contributed by atoms with E-state index in [1.165, 1.54) is 5.56 Å². The lowest BCUT2D eigenvalue weighted by atomic mass is 9.88. The fraction of sp³-hybridized carbons (Fsp3) is 0.235. The average Bonchev–Trinajstić information content (AvgIpc) is 2.52. The van der Waals surface area contributed by atoms with Crippen molar-refractivity contribution in [1.82, 2.24) is 0 Å². The van der Waals surface area contributed by atoms with E-state index in [0.29, 0.717) is 0 Å². The number of hydrogen-bond donors (Lipinski definition) is 1. The number of rotatable bonds is 3. The van der Waals surface area contributed by atoms with Crippen molar-refractivity contribution in [1.29, 1.82) is 0 Å². The molecule has 2 aromatic rings. The van der Waals surface area contributed by atoms with Gasteiger partial charge in [-0.05, 0) is 29.7 Å². The highest BCUT2D eigenvalue weighted by Gasteiger charge is 2.46. The van der Waals surface area contributed by atoms with Gasteiger partial charge in [-0.3, -0.25) is 4.79 Å². The maximum Gasteiger partial charge on any atom is 0.247 e. The van der Waals surface area contributed by atoms with E-state index in [4.69, 9.17) is 5.73 Å². The third-order valence-electron chi connectivity index (χ3n) is 3.90. The van der Waals surface area contributed by atoms with Gasteiger partial charge >= 0.3 is 0 Å². The Morgan fingerprint density at radius 1 is 1.05 bits per heavy atom. The lowest BCUT2D eigenvalue weighted by Gasteiger charge is -2.45. The Bertz CT molecular complexity index is 607. The third kappa shape index (κ3) is 2.00. The Morgan fingerprint density at radius 2 is 1.70 bits per heavy atom. The molecule has 0 aliphatic carbocycles. The van der Waals surface area contributed by atoms with Gasteiger partial charge in [-0.25, -0.2) is 0 Å². The van der Waals surface area contributed by atoms with Crippen molar-refractivity contribution < 1.29 is 4.79 Å². The normalized spacial score (nSPS) is 21.7. The zero-order valence-electron chi connectivity index (χ0n) is 11.5. The second kappa shape index (κ2) is 5.10. The van der Waals surface area contributed by atoms with Crippen LogP contribution >= 0.6 is 0 Å². The first kappa shape index (κ1) is 12.9.